The minimum absolute atomic E-state index is 0.120. The average Bonchev–Trinajstić information content (AvgIpc) is 3.03. The summed E-state index contributed by atoms with van der Waals surface area (Å²) in [5.74, 6) is 0. The van der Waals surface area contributed by atoms with E-state index in [0.717, 1.165) is 0 Å². The van der Waals surface area contributed by atoms with Gasteiger partial charge in [-0.15, -0.1) is 29.7 Å². The van der Waals surface area contributed by atoms with E-state index in [2.05, 4.69) is 74.7 Å². The first kappa shape index (κ1) is 15.2. The molecule has 0 N–H and O–H groups in total. The van der Waals surface area contributed by atoms with Crippen LogP contribution in [0.1, 0.15) is 0 Å². The van der Waals surface area contributed by atoms with Crippen molar-refractivity contribution >= 4 is 17.0 Å². The zero-order valence-corrected chi connectivity index (χ0v) is 13.5. The SMILES string of the molecule is C[Si](C)=[Ti+2].c1cc[cH-]c1.c1ccc2[cH-]ccc2c1. The minimum Gasteiger partial charge on any atom is -0.214 e. The molecule has 0 aliphatic rings. The molecule has 0 spiro atoms. The van der Waals surface area contributed by atoms with Crippen LogP contribution in [0.25, 0.3) is 10.8 Å². The number of fused-ring (bicyclic) bond motifs is 1. The van der Waals surface area contributed by atoms with Crippen molar-refractivity contribution in [3.8, 4) is 0 Å². The van der Waals surface area contributed by atoms with Crippen LogP contribution in [0.3, 0.4) is 0 Å². The molecule has 0 aliphatic carbocycles. The predicted octanol–water partition coefficient (Wildman–Crippen LogP) is 4.75. The zero-order valence-electron chi connectivity index (χ0n) is 10.9. The van der Waals surface area contributed by atoms with Crippen molar-refractivity contribution in [3.63, 3.8) is 0 Å². The van der Waals surface area contributed by atoms with Crippen LogP contribution in [-0.4, -0.2) is 6.19 Å². The second-order valence-corrected chi connectivity index (χ2v) is 10.8. The third-order valence-corrected chi connectivity index (χ3v) is 2.10. The van der Waals surface area contributed by atoms with Gasteiger partial charge in [-0.1, -0.05) is 6.07 Å². The van der Waals surface area contributed by atoms with Crippen molar-refractivity contribution in [2.45, 2.75) is 13.1 Å². The summed E-state index contributed by atoms with van der Waals surface area (Å²) in [6.07, 6.45) is 0.120. The van der Waals surface area contributed by atoms with Crippen LogP contribution in [0, 0.1) is 0 Å². The zero-order chi connectivity index (χ0) is 13.2. The van der Waals surface area contributed by atoms with Gasteiger partial charge in [0.1, 0.15) is 0 Å². The summed E-state index contributed by atoms with van der Waals surface area (Å²) >= 11 is 2.27. The van der Waals surface area contributed by atoms with Crippen LogP contribution >= 0.6 is 0 Å². The molecule has 0 saturated carbocycles. The molecule has 0 nitrogen and oxygen atoms in total. The van der Waals surface area contributed by atoms with Crippen LogP contribution in [0.4, 0.5) is 0 Å². The fourth-order valence-corrected chi connectivity index (χ4v) is 1.39. The summed E-state index contributed by atoms with van der Waals surface area (Å²) in [4.78, 5) is 0. The molecule has 0 radical (unpaired) electrons. The summed E-state index contributed by atoms with van der Waals surface area (Å²) in [5, 5.41) is 2.66. The van der Waals surface area contributed by atoms with E-state index >= 15 is 0 Å². The van der Waals surface area contributed by atoms with Crippen LogP contribution in [-0.2, 0) is 19.2 Å². The van der Waals surface area contributed by atoms with E-state index in [1.54, 1.807) is 0 Å². The van der Waals surface area contributed by atoms with Crippen LogP contribution in [0.5, 0.6) is 0 Å². The molecule has 0 fully saturated rings. The van der Waals surface area contributed by atoms with Crippen molar-refractivity contribution in [2.24, 2.45) is 0 Å². The standard InChI is InChI=1S/C9H7.C5H5.C2H6Si.Ti/c1-2-5-9-7-3-6-8(9)4-1;1-2-4-5-3-1;1-3-2;/h1-7H;1-5H;1-2H3;/q2*-1;;+2. The van der Waals surface area contributed by atoms with Gasteiger partial charge in [0.05, 0.1) is 0 Å². The maximum absolute atomic E-state index is 2.27. The molecule has 0 aromatic heterocycles. The molecular formula is C16H18SiTi. The quantitative estimate of drug-likeness (QED) is 0.413. The molecule has 3 rings (SSSR count). The largest absolute Gasteiger partial charge is 0.214 e. The first-order valence-corrected chi connectivity index (χ1v) is 10.8. The molecule has 0 aliphatic heterocycles. The molecule has 0 amide bonds. The number of hydrogen-bond acceptors (Lipinski definition) is 0. The van der Waals surface area contributed by atoms with E-state index in [1.807, 2.05) is 30.3 Å². The Kier molecular flexibility index (Phi) is 7.67. The van der Waals surface area contributed by atoms with Crippen LogP contribution in [0.2, 0.25) is 13.1 Å². The third kappa shape index (κ3) is 6.75. The van der Waals surface area contributed by atoms with Gasteiger partial charge >= 0.3 is 38.5 Å². The Morgan fingerprint density at radius 2 is 1.50 bits per heavy atom. The van der Waals surface area contributed by atoms with E-state index in [9.17, 15) is 0 Å². The summed E-state index contributed by atoms with van der Waals surface area (Å²) < 4.78 is 0. The normalized spacial score (nSPS) is 8.89. The van der Waals surface area contributed by atoms with E-state index in [0.29, 0.717) is 0 Å². The molecule has 0 heterocycles. The fraction of sp³-hybridized carbons (Fsp3) is 0.125. The number of benzene rings is 1. The van der Waals surface area contributed by atoms with Crippen molar-refractivity contribution in [1.82, 2.24) is 0 Å². The average molecular weight is 286 g/mol. The van der Waals surface area contributed by atoms with Gasteiger partial charge in [-0.2, -0.15) is 35.7 Å². The van der Waals surface area contributed by atoms with Gasteiger partial charge < -0.3 is 0 Å². The summed E-state index contributed by atoms with van der Waals surface area (Å²) in [6, 6.07) is 24.7. The molecule has 3 aromatic rings. The third-order valence-electron chi connectivity index (χ3n) is 2.10. The molecule has 18 heavy (non-hydrogen) atoms. The second-order valence-electron chi connectivity index (χ2n) is 4.12. The van der Waals surface area contributed by atoms with Gasteiger partial charge in [0.15, 0.2) is 0 Å². The Bertz CT molecular complexity index is 498. The van der Waals surface area contributed by atoms with Gasteiger partial charge in [0.25, 0.3) is 0 Å². The van der Waals surface area contributed by atoms with Gasteiger partial charge in [-0.25, -0.2) is 12.1 Å². The fourth-order valence-electron chi connectivity index (χ4n) is 1.39. The first-order chi connectivity index (χ1) is 8.70. The maximum Gasteiger partial charge on any atom is -0.0809 e. The Balaban J connectivity index is 0.000000154. The van der Waals surface area contributed by atoms with Crippen molar-refractivity contribution in [3.05, 3.63) is 72.8 Å². The Morgan fingerprint density at radius 1 is 0.889 bits per heavy atom. The van der Waals surface area contributed by atoms with Crippen LogP contribution in [0.15, 0.2) is 72.8 Å². The molecule has 3 aromatic carbocycles. The molecule has 2 heteroatoms. The van der Waals surface area contributed by atoms with Gasteiger partial charge in [0, 0.05) is 0 Å². The number of hydrogen-bond donors (Lipinski definition) is 0. The second kappa shape index (κ2) is 9.10. The smallest absolute Gasteiger partial charge is 0.0809 e. The van der Waals surface area contributed by atoms with E-state index in [4.69, 9.17) is 0 Å². The van der Waals surface area contributed by atoms with E-state index < -0.39 is 0 Å². The summed E-state index contributed by atoms with van der Waals surface area (Å²) in [5.41, 5.74) is 0. The molecule has 90 valence electrons. The topological polar surface area (TPSA) is 0 Å². The Hall–Kier alpha value is -0.889. The van der Waals surface area contributed by atoms with Crippen molar-refractivity contribution < 1.29 is 19.2 Å². The maximum atomic E-state index is 2.27. The van der Waals surface area contributed by atoms with Gasteiger partial charge in [-0.3, -0.25) is 0 Å². The first-order valence-electron chi connectivity index (χ1n) is 5.99. The molecule has 0 atom stereocenters. The Morgan fingerprint density at radius 3 is 2.00 bits per heavy atom. The summed E-state index contributed by atoms with van der Waals surface area (Å²) in [6.45, 7) is 4.54. The Labute approximate surface area is 122 Å². The van der Waals surface area contributed by atoms with Crippen molar-refractivity contribution in [2.75, 3.05) is 0 Å². The number of rotatable bonds is 0. The van der Waals surface area contributed by atoms with Crippen molar-refractivity contribution in [1.29, 1.82) is 0 Å². The molecule has 0 saturated heterocycles. The monoisotopic (exact) mass is 286 g/mol. The van der Waals surface area contributed by atoms with Crippen LogP contribution < -0.4 is 0 Å². The van der Waals surface area contributed by atoms with E-state index in [-0.39, 0.29) is 6.19 Å². The predicted molar refractivity (Wildman–Crippen MR) is 79.1 cm³/mol. The summed E-state index contributed by atoms with van der Waals surface area (Å²) in [7, 11) is 0. The van der Waals surface area contributed by atoms with Gasteiger partial charge in [-0.05, 0) is 0 Å². The molecule has 0 bridgehead atoms. The minimum atomic E-state index is 0.120. The van der Waals surface area contributed by atoms with Gasteiger partial charge in [0.2, 0.25) is 0 Å². The van der Waals surface area contributed by atoms with E-state index in [1.165, 1.54) is 10.8 Å². The molecular weight excluding hydrogens is 268 g/mol. The molecule has 0 unspecified atom stereocenters.